The van der Waals surface area contributed by atoms with Crippen LogP contribution >= 0.6 is 12.4 Å². The Bertz CT molecular complexity index is 662. The van der Waals surface area contributed by atoms with Gasteiger partial charge in [-0.3, -0.25) is 4.79 Å². The summed E-state index contributed by atoms with van der Waals surface area (Å²) in [6.45, 7) is 4.15. The first-order valence-corrected chi connectivity index (χ1v) is 9.31. The van der Waals surface area contributed by atoms with Gasteiger partial charge in [0.05, 0.1) is 0 Å². The Morgan fingerprint density at radius 3 is 2.42 bits per heavy atom. The Labute approximate surface area is 163 Å². The number of benzene rings is 2. The quantitative estimate of drug-likeness (QED) is 0.806. The Morgan fingerprint density at radius 2 is 1.77 bits per heavy atom. The maximum atomic E-state index is 12.7. The first-order valence-electron chi connectivity index (χ1n) is 9.31. The van der Waals surface area contributed by atoms with Gasteiger partial charge in [0.15, 0.2) is 0 Å². The highest BCUT2D eigenvalue weighted by Gasteiger charge is 2.24. The highest BCUT2D eigenvalue weighted by molar-refractivity contribution is 5.85. The fraction of sp³-hybridized carbons (Fsp3) is 0.409. The number of halogens is 1. The van der Waals surface area contributed by atoms with Gasteiger partial charge in [-0.1, -0.05) is 67.6 Å². The Kier molecular flexibility index (Phi) is 8.14. The molecule has 1 aliphatic heterocycles. The zero-order valence-electron chi connectivity index (χ0n) is 15.4. The SMILES string of the molecule is CC1CCNCC1NC(=O)CC(Cc1ccccc1)c1ccccc1.Cl. The van der Waals surface area contributed by atoms with E-state index in [0.29, 0.717) is 12.3 Å². The molecule has 26 heavy (non-hydrogen) atoms. The first-order chi connectivity index (χ1) is 12.2. The number of rotatable bonds is 6. The molecule has 3 rings (SSSR count). The predicted molar refractivity (Wildman–Crippen MR) is 110 cm³/mol. The highest BCUT2D eigenvalue weighted by Crippen LogP contribution is 2.24. The van der Waals surface area contributed by atoms with Gasteiger partial charge in [-0.2, -0.15) is 0 Å². The highest BCUT2D eigenvalue weighted by atomic mass is 35.5. The molecule has 2 N–H and O–H groups in total. The number of amides is 1. The van der Waals surface area contributed by atoms with Gasteiger partial charge >= 0.3 is 0 Å². The zero-order valence-corrected chi connectivity index (χ0v) is 16.2. The van der Waals surface area contributed by atoms with E-state index >= 15 is 0 Å². The maximum Gasteiger partial charge on any atom is 0.220 e. The van der Waals surface area contributed by atoms with Gasteiger partial charge in [-0.05, 0) is 42.3 Å². The summed E-state index contributed by atoms with van der Waals surface area (Å²) >= 11 is 0. The second-order valence-corrected chi connectivity index (χ2v) is 7.15. The molecule has 140 valence electrons. The standard InChI is InChI=1S/C22H28N2O.ClH/c1-17-12-13-23-16-21(17)24-22(25)15-20(19-10-6-3-7-11-19)14-18-8-4-2-5-9-18;/h2-11,17,20-21,23H,12-16H2,1H3,(H,24,25);1H. The molecule has 0 aliphatic carbocycles. The number of hydrogen-bond acceptors (Lipinski definition) is 2. The molecule has 2 aromatic rings. The summed E-state index contributed by atoms with van der Waals surface area (Å²) in [6.07, 6.45) is 2.54. The minimum Gasteiger partial charge on any atom is -0.352 e. The summed E-state index contributed by atoms with van der Waals surface area (Å²) < 4.78 is 0. The molecule has 0 bridgehead atoms. The molecule has 3 nitrogen and oxygen atoms in total. The summed E-state index contributed by atoms with van der Waals surface area (Å²) in [5.74, 6) is 0.898. The third kappa shape index (κ3) is 5.86. The molecule has 3 atom stereocenters. The van der Waals surface area contributed by atoms with Crippen molar-refractivity contribution in [2.75, 3.05) is 13.1 Å². The van der Waals surface area contributed by atoms with Crippen LogP contribution in [-0.2, 0) is 11.2 Å². The van der Waals surface area contributed by atoms with Gasteiger partial charge in [0.1, 0.15) is 0 Å². The summed E-state index contributed by atoms with van der Waals surface area (Å²) in [4.78, 5) is 12.7. The number of piperidine rings is 1. The summed E-state index contributed by atoms with van der Waals surface area (Å²) in [5.41, 5.74) is 2.51. The Morgan fingerprint density at radius 1 is 1.12 bits per heavy atom. The fourth-order valence-corrected chi connectivity index (χ4v) is 3.60. The van der Waals surface area contributed by atoms with Crippen LogP contribution in [0.4, 0.5) is 0 Å². The van der Waals surface area contributed by atoms with Crippen molar-refractivity contribution >= 4 is 18.3 Å². The molecule has 0 saturated carbocycles. The maximum absolute atomic E-state index is 12.7. The summed E-state index contributed by atoms with van der Waals surface area (Å²) in [7, 11) is 0. The van der Waals surface area contributed by atoms with Gasteiger partial charge in [0.25, 0.3) is 0 Å². The van der Waals surface area contributed by atoms with Crippen LogP contribution in [0.3, 0.4) is 0 Å². The van der Waals surface area contributed by atoms with Crippen molar-refractivity contribution in [1.82, 2.24) is 10.6 Å². The van der Waals surface area contributed by atoms with E-state index in [0.717, 1.165) is 25.9 Å². The molecule has 1 amide bonds. The number of hydrogen-bond donors (Lipinski definition) is 2. The first kappa shape index (κ1) is 20.5. The molecule has 0 aromatic heterocycles. The van der Waals surface area contributed by atoms with Gasteiger partial charge in [0.2, 0.25) is 5.91 Å². The second-order valence-electron chi connectivity index (χ2n) is 7.15. The van der Waals surface area contributed by atoms with Gasteiger partial charge in [-0.25, -0.2) is 0 Å². The molecule has 1 saturated heterocycles. The summed E-state index contributed by atoms with van der Waals surface area (Å²) in [5, 5.41) is 6.63. The molecule has 0 spiro atoms. The second kappa shape index (κ2) is 10.3. The van der Waals surface area contributed by atoms with E-state index in [-0.39, 0.29) is 30.3 Å². The minimum atomic E-state index is 0. The largest absolute Gasteiger partial charge is 0.352 e. The van der Waals surface area contributed by atoms with E-state index in [4.69, 9.17) is 0 Å². The van der Waals surface area contributed by atoms with Crippen molar-refractivity contribution in [3.63, 3.8) is 0 Å². The molecule has 3 unspecified atom stereocenters. The number of carbonyl (C=O) groups excluding carboxylic acids is 1. The van der Waals surface area contributed by atoms with Crippen LogP contribution < -0.4 is 10.6 Å². The molecular formula is C22H29ClN2O. The molecular weight excluding hydrogens is 344 g/mol. The Hall–Kier alpha value is -1.84. The molecule has 1 heterocycles. The third-order valence-electron chi connectivity index (χ3n) is 5.20. The average molecular weight is 373 g/mol. The van der Waals surface area contributed by atoms with Crippen molar-refractivity contribution in [2.45, 2.75) is 38.1 Å². The average Bonchev–Trinajstić information content (AvgIpc) is 2.65. The lowest BCUT2D eigenvalue weighted by molar-refractivity contribution is -0.122. The normalized spacial score (nSPS) is 20.7. The lowest BCUT2D eigenvalue weighted by atomic mass is 9.88. The van der Waals surface area contributed by atoms with E-state index in [2.05, 4.69) is 66.1 Å². The topological polar surface area (TPSA) is 41.1 Å². The van der Waals surface area contributed by atoms with Crippen LogP contribution in [0, 0.1) is 5.92 Å². The lowest BCUT2D eigenvalue weighted by Crippen LogP contribution is -2.50. The van der Waals surface area contributed by atoms with Crippen molar-refractivity contribution < 1.29 is 4.79 Å². The Balaban J connectivity index is 0.00000243. The van der Waals surface area contributed by atoms with Crippen LogP contribution in [0.2, 0.25) is 0 Å². The van der Waals surface area contributed by atoms with Crippen LogP contribution in [0.25, 0.3) is 0 Å². The molecule has 4 heteroatoms. The monoisotopic (exact) mass is 372 g/mol. The van der Waals surface area contributed by atoms with Gasteiger partial charge in [-0.15, -0.1) is 12.4 Å². The van der Waals surface area contributed by atoms with Crippen LogP contribution in [0.1, 0.15) is 36.8 Å². The van der Waals surface area contributed by atoms with Crippen LogP contribution in [-0.4, -0.2) is 25.0 Å². The number of carbonyl (C=O) groups is 1. The molecule has 1 fully saturated rings. The number of nitrogens with one attached hydrogen (secondary N) is 2. The molecule has 0 radical (unpaired) electrons. The van der Waals surface area contributed by atoms with E-state index in [1.165, 1.54) is 11.1 Å². The van der Waals surface area contributed by atoms with Crippen LogP contribution in [0.5, 0.6) is 0 Å². The van der Waals surface area contributed by atoms with Crippen molar-refractivity contribution in [2.24, 2.45) is 5.92 Å². The summed E-state index contributed by atoms with van der Waals surface area (Å²) in [6, 6.07) is 21.1. The zero-order chi connectivity index (χ0) is 17.5. The minimum absolute atomic E-state index is 0. The predicted octanol–water partition coefficient (Wildman–Crippen LogP) is 3.94. The van der Waals surface area contributed by atoms with Crippen molar-refractivity contribution in [1.29, 1.82) is 0 Å². The van der Waals surface area contributed by atoms with Crippen LogP contribution in [0.15, 0.2) is 60.7 Å². The molecule has 2 aromatic carbocycles. The van der Waals surface area contributed by atoms with E-state index < -0.39 is 0 Å². The smallest absolute Gasteiger partial charge is 0.220 e. The molecule has 1 aliphatic rings. The van der Waals surface area contributed by atoms with E-state index in [9.17, 15) is 4.79 Å². The van der Waals surface area contributed by atoms with Crippen molar-refractivity contribution in [3.8, 4) is 0 Å². The van der Waals surface area contributed by atoms with Gasteiger partial charge < -0.3 is 10.6 Å². The fourth-order valence-electron chi connectivity index (χ4n) is 3.60. The third-order valence-corrected chi connectivity index (χ3v) is 5.20. The van der Waals surface area contributed by atoms with E-state index in [1.54, 1.807) is 0 Å². The van der Waals surface area contributed by atoms with Gasteiger partial charge in [0, 0.05) is 19.0 Å². The van der Waals surface area contributed by atoms with Crippen molar-refractivity contribution in [3.05, 3.63) is 71.8 Å². The van der Waals surface area contributed by atoms with E-state index in [1.807, 2.05) is 12.1 Å². The lowest BCUT2D eigenvalue weighted by Gasteiger charge is -2.30.